The van der Waals surface area contributed by atoms with Crippen molar-refractivity contribution in [1.82, 2.24) is 4.98 Å². The van der Waals surface area contributed by atoms with Crippen molar-refractivity contribution in [2.24, 2.45) is 0 Å². The molecule has 0 saturated heterocycles. The van der Waals surface area contributed by atoms with Gasteiger partial charge in [0.1, 0.15) is 5.15 Å². The van der Waals surface area contributed by atoms with Crippen molar-refractivity contribution in [2.75, 3.05) is 13.4 Å². The Bertz CT molecular complexity index is 475. The van der Waals surface area contributed by atoms with Gasteiger partial charge in [0, 0.05) is 14.7 Å². The Kier molecular flexibility index (Phi) is 6.36. The van der Waals surface area contributed by atoms with Gasteiger partial charge in [0.15, 0.2) is 18.2 Å². The maximum absolute atomic E-state index is 5.83. The average Bonchev–Trinajstić information content (AvgIpc) is 2.30. The Balaban J connectivity index is 2.46. The summed E-state index contributed by atoms with van der Waals surface area (Å²) in [7, 11) is -1.05. The van der Waals surface area contributed by atoms with Crippen LogP contribution in [0.25, 0.3) is 0 Å². The largest absolute Gasteiger partial charge is 0.465 e. The molecular formula is C14H20ClNO2Si. The predicted molar refractivity (Wildman–Crippen MR) is 81.4 cm³/mol. The highest BCUT2D eigenvalue weighted by atomic mass is 35.5. The number of hydrogen-bond acceptors (Lipinski definition) is 3. The monoisotopic (exact) mass is 297 g/mol. The molecule has 0 bridgehead atoms. The van der Waals surface area contributed by atoms with Gasteiger partial charge in [-0.1, -0.05) is 37.2 Å². The lowest BCUT2D eigenvalue weighted by Crippen LogP contribution is -2.22. The minimum atomic E-state index is -1.05. The molecule has 0 spiro atoms. The van der Waals surface area contributed by atoms with E-state index in [0.717, 1.165) is 12.7 Å². The van der Waals surface area contributed by atoms with Gasteiger partial charge in [0.25, 0.3) is 0 Å². The third-order valence-corrected chi connectivity index (χ3v) is 4.28. The Morgan fingerprint density at radius 1 is 1.32 bits per heavy atom. The second kappa shape index (κ2) is 7.54. The van der Waals surface area contributed by atoms with Gasteiger partial charge in [-0.05, 0) is 31.0 Å². The van der Waals surface area contributed by atoms with E-state index < -0.39 is 8.07 Å². The van der Waals surface area contributed by atoms with Crippen LogP contribution in [0.2, 0.25) is 30.8 Å². The van der Waals surface area contributed by atoms with Gasteiger partial charge < -0.3 is 9.47 Å². The molecule has 0 saturated carbocycles. The molecule has 0 N–H and O–H groups in total. The van der Waals surface area contributed by atoms with E-state index in [0.29, 0.717) is 16.6 Å². The standard InChI is InChI=1S/C14H20ClNO2Si/c1-5-6-12-13(7-8-14(15)16-12)18-11-17-9-10-19(2,3)4/h7-8H,9-11H2,1-4H3. The third kappa shape index (κ3) is 6.62. The quantitative estimate of drug-likeness (QED) is 0.263. The van der Waals surface area contributed by atoms with Crippen LogP contribution in [0.15, 0.2) is 12.1 Å². The number of ether oxygens (including phenoxy) is 2. The van der Waals surface area contributed by atoms with Crippen molar-refractivity contribution in [3.05, 3.63) is 23.0 Å². The third-order valence-electron chi connectivity index (χ3n) is 2.36. The summed E-state index contributed by atoms with van der Waals surface area (Å²) >= 11 is 5.83. The zero-order valence-electron chi connectivity index (χ0n) is 11.9. The van der Waals surface area contributed by atoms with Gasteiger partial charge in [0.2, 0.25) is 0 Å². The fourth-order valence-corrected chi connectivity index (χ4v) is 2.19. The van der Waals surface area contributed by atoms with Gasteiger partial charge in [-0.15, -0.1) is 0 Å². The van der Waals surface area contributed by atoms with Crippen LogP contribution in [-0.2, 0) is 4.74 Å². The average molecular weight is 298 g/mol. The lowest BCUT2D eigenvalue weighted by Gasteiger charge is -2.15. The van der Waals surface area contributed by atoms with Crippen LogP contribution in [0.1, 0.15) is 12.6 Å². The summed E-state index contributed by atoms with van der Waals surface area (Å²) in [6, 6.07) is 4.56. The van der Waals surface area contributed by atoms with E-state index in [2.05, 4.69) is 36.5 Å². The van der Waals surface area contributed by atoms with Crippen LogP contribution in [0, 0.1) is 11.8 Å². The summed E-state index contributed by atoms with van der Waals surface area (Å²) in [4.78, 5) is 4.12. The van der Waals surface area contributed by atoms with E-state index in [-0.39, 0.29) is 6.79 Å². The minimum absolute atomic E-state index is 0.214. The molecular weight excluding hydrogens is 278 g/mol. The van der Waals surface area contributed by atoms with E-state index in [1.54, 1.807) is 19.1 Å². The van der Waals surface area contributed by atoms with Gasteiger partial charge in [0.05, 0.1) is 0 Å². The summed E-state index contributed by atoms with van der Waals surface area (Å²) in [5.74, 6) is 6.25. The van der Waals surface area contributed by atoms with E-state index in [9.17, 15) is 0 Å². The summed E-state index contributed by atoms with van der Waals surface area (Å²) in [6.07, 6.45) is 0. The Labute approximate surface area is 121 Å². The highest BCUT2D eigenvalue weighted by Gasteiger charge is 2.12. The number of nitrogens with zero attached hydrogens (tertiary/aromatic N) is 1. The molecule has 0 aromatic carbocycles. The van der Waals surface area contributed by atoms with Crippen LogP contribution in [0.4, 0.5) is 0 Å². The highest BCUT2D eigenvalue weighted by Crippen LogP contribution is 2.18. The maximum Gasteiger partial charge on any atom is 0.189 e. The fourth-order valence-electron chi connectivity index (χ4n) is 1.29. The normalized spacial score (nSPS) is 10.8. The molecule has 19 heavy (non-hydrogen) atoms. The smallest absolute Gasteiger partial charge is 0.189 e. The first-order chi connectivity index (χ1) is 8.92. The van der Waals surface area contributed by atoms with Crippen LogP contribution in [-0.4, -0.2) is 26.5 Å². The van der Waals surface area contributed by atoms with Crippen molar-refractivity contribution in [2.45, 2.75) is 32.6 Å². The zero-order valence-corrected chi connectivity index (χ0v) is 13.7. The molecule has 5 heteroatoms. The van der Waals surface area contributed by atoms with Crippen LogP contribution >= 0.6 is 11.6 Å². The zero-order chi connectivity index (χ0) is 14.3. The molecule has 1 aromatic rings. The molecule has 0 amide bonds. The summed E-state index contributed by atoms with van der Waals surface area (Å²) in [5, 5.41) is 0.407. The molecule has 104 valence electrons. The van der Waals surface area contributed by atoms with E-state index >= 15 is 0 Å². The predicted octanol–water partition coefficient (Wildman–Crippen LogP) is 3.80. The lowest BCUT2D eigenvalue weighted by molar-refractivity contribution is 0.0216. The van der Waals surface area contributed by atoms with E-state index in [1.165, 1.54) is 0 Å². The van der Waals surface area contributed by atoms with E-state index in [4.69, 9.17) is 21.1 Å². The Morgan fingerprint density at radius 2 is 2.05 bits per heavy atom. The number of aromatic nitrogens is 1. The van der Waals surface area contributed by atoms with Crippen LogP contribution in [0.3, 0.4) is 0 Å². The molecule has 1 aromatic heterocycles. The van der Waals surface area contributed by atoms with E-state index in [1.807, 2.05) is 0 Å². The number of halogens is 1. The maximum atomic E-state index is 5.83. The first kappa shape index (κ1) is 16.0. The van der Waals surface area contributed by atoms with Crippen molar-refractivity contribution in [1.29, 1.82) is 0 Å². The summed E-state index contributed by atoms with van der Waals surface area (Å²) in [6.45, 7) is 9.63. The second-order valence-corrected chi connectivity index (χ2v) is 11.3. The van der Waals surface area contributed by atoms with Crippen molar-refractivity contribution in [3.63, 3.8) is 0 Å². The summed E-state index contributed by atoms with van der Waals surface area (Å²) < 4.78 is 11.0. The summed E-state index contributed by atoms with van der Waals surface area (Å²) in [5.41, 5.74) is 0.545. The Morgan fingerprint density at radius 3 is 2.68 bits per heavy atom. The van der Waals surface area contributed by atoms with Gasteiger partial charge in [-0.2, -0.15) is 0 Å². The number of hydrogen-bond donors (Lipinski definition) is 0. The highest BCUT2D eigenvalue weighted by molar-refractivity contribution is 6.76. The second-order valence-electron chi connectivity index (χ2n) is 5.34. The van der Waals surface area contributed by atoms with Crippen molar-refractivity contribution < 1.29 is 9.47 Å². The molecule has 3 nitrogen and oxygen atoms in total. The SMILES string of the molecule is CC#Cc1nc(Cl)ccc1OCOCC[Si](C)(C)C. The molecule has 0 aliphatic carbocycles. The van der Waals surface area contributed by atoms with Crippen molar-refractivity contribution in [3.8, 4) is 17.6 Å². The molecule has 1 rings (SSSR count). The van der Waals surface area contributed by atoms with Gasteiger partial charge in [-0.3, -0.25) is 0 Å². The molecule has 0 aliphatic heterocycles. The minimum Gasteiger partial charge on any atom is -0.465 e. The Hall–Kier alpha value is -1.02. The van der Waals surface area contributed by atoms with Crippen LogP contribution in [0.5, 0.6) is 5.75 Å². The van der Waals surface area contributed by atoms with Crippen LogP contribution < -0.4 is 4.74 Å². The first-order valence-electron chi connectivity index (χ1n) is 6.22. The first-order valence-corrected chi connectivity index (χ1v) is 10.3. The van der Waals surface area contributed by atoms with Gasteiger partial charge in [-0.25, -0.2) is 4.98 Å². The van der Waals surface area contributed by atoms with Gasteiger partial charge >= 0.3 is 0 Å². The molecule has 0 unspecified atom stereocenters. The number of rotatable bonds is 6. The molecule has 0 aliphatic rings. The molecule has 0 fully saturated rings. The molecule has 1 heterocycles. The van der Waals surface area contributed by atoms with Crippen molar-refractivity contribution >= 4 is 19.7 Å². The fraction of sp³-hybridized carbons (Fsp3) is 0.500. The number of pyridine rings is 1. The molecule has 0 radical (unpaired) electrons. The molecule has 0 atom stereocenters. The lowest BCUT2D eigenvalue weighted by atomic mass is 10.3. The topological polar surface area (TPSA) is 31.4 Å².